The van der Waals surface area contributed by atoms with E-state index < -0.39 is 17.4 Å². The summed E-state index contributed by atoms with van der Waals surface area (Å²) in [5.41, 5.74) is 0.523. The fourth-order valence-corrected chi connectivity index (χ4v) is 1.92. The van der Waals surface area contributed by atoms with Crippen LogP contribution in [0.5, 0.6) is 5.75 Å². The van der Waals surface area contributed by atoms with Gasteiger partial charge in [0.15, 0.2) is 17.4 Å². The monoisotopic (exact) mass is 227 g/mol. The van der Waals surface area contributed by atoms with E-state index in [2.05, 4.69) is 12.2 Å². The molecule has 2 atom stereocenters. The minimum Gasteiger partial charge on any atom is -0.503 e. The van der Waals surface area contributed by atoms with E-state index >= 15 is 0 Å². The second kappa shape index (κ2) is 4.37. The lowest BCUT2D eigenvalue weighted by atomic mass is 10.2. The van der Waals surface area contributed by atoms with E-state index in [9.17, 15) is 8.78 Å². The summed E-state index contributed by atoms with van der Waals surface area (Å²) in [7, 11) is 0. The van der Waals surface area contributed by atoms with E-state index in [0.717, 1.165) is 25.0 Å². The van der Waals surface area contributed by atoms with Gasteiger partial charge in [-0.15, -0.1) is 0 Å². The van der Waals surface area contributed by atoms with Crippen molar-refractivity contribution in [1.29, 1.82) is 0 Å². The Morgan fingerprint density at radius 3 is 2.50 bits per heavy atom. The normalized spacial score (nSPS) is 23.4. The number of aromatic hydroxyl groups is 1. The van der Waals surface area contributed by atoms with Gasteiger partial charge >= 0.3 is 0 Å². The zero-order valence-electron chi connectivity index (χ0n) is 9.13. The van der Waals surface area contributed by atoms with Gasteiger partial charge in [-0.1, -0.05) is 13.3 Å². The average molecular weight is 227 g/mol. The number of halogens is 2. The Hall–Kier alpha value is -1.16. The summed E-state index contributed by atoms with van der Waals surface area (Å²) in [6.45, 7) is 2.57. The molecule has 0 saturated heterocycles. The third kappa shape index (κ3) is 2.32. The third-order valence-corrected chi connectivity index (χ3v) is 3.09. The Morgan fingerprint density at radius 1 is 1.38 bits per heavy atom. The number of phenolic OH excluding ortho intramolecular Hbond substituents is 1. The Bertz CT molecular complexity index is 372. The predicted molar refractivity (Wildman–Crippen MR) is 57.0 cm³/mol. The second-order valence-corrected chi connectivity index (χ2v) is 4.30. The fourth-order valence-electron chi connectivity index (χ4n) is 1.92. The van der Waals surface area contributed by atoms with Crippen molar-refractivity contribution in [1.82, 2.24) is 5.32 Å². The lowest BCUT2D eigenvalue weighted by Gasteiger charge is -2.05. The topological polar surface area (TPSA) is 32.3 Å². The maximum atomic E-state index is 13.0. The van der Waals surface area contributed by atoms with Crippen molar-refractivity contribution >= 4 is 0 Å². The van der Waals surface area contributed by atoms with Gasteiger partial charge in [0.05, 0.1) is 0 Å². The van der Waals surface area contributed by atoms with Crippen LogP contribution in [-0.4, -0.2) is 11.1 Å². The molecule has 0 radical (unpaired) electrons. The minimum absolute atomic E-state index is 0.440. The molecule has 0 aliphatic heterocycles. The molecule has 2 rings (SSSR count). The molecule has 0 spiro atoms. The third-order valence-electron chi connectivity index (χ3n) is 3.09. The SMILES string of the molecule is CCC1CC1NCc1cc(F)c(O)c(F)c1. The first-order valence-corrected chi connectivity index (χ1v) is 5.52. The van der Waals surface area contributed by atoms with Gasteiger partial charge in [0.25, 0.3) is 0 Å². The molecule has 0 amide bonds. The number of phenols is 1. The average Bonchev–Trinajstić information content (AvgIpc) is 3.01. The Labute approximate surface area is 93.3 Å². The van der Waals surface area contributed by atoms with Gasteiger partial charge in [0.2, 0.25) is 0 Å². The van der Waals surface area contributed by atoms with Crippen molar-refractivity contribution in [2.45, 2.75) is 32.4 Å². The van der Waals surface area contributed by atoms with Crippen LogP contribution in [0.1, 0.15) is 25.3 Å². The zero-order chi connectivity index (χ0) is 11.7. The first-order valence-electron chi connectivity index (χ1n) is 5.52. The number of hydrogen-bond donors (Lipinski definition) is 2. The van der Waals surface area contributed by atoms with E-state index in [-0.39, 0.29) is 0 Å². The largest absolute Gasteiger partial charge is 0.503 e. The molecular weight excluding hydrogens is 212 g/mol. The highest BCUT2D eigenvalue weighted by molar-refractivity contribution is 5.30. The number of hydrogen-bond acceptors (Lipinski definition) is 2. The standard InChI is InChI=1S/C12H15F2NO/c1-2-8-5-11(8)15-6-7-3-9(13)12(16)10(14)4-7/h3-4,8,11,15-16H,2,5-6H2,1H3. The number of benzene rings is 1. The van der Waals surface area contributed by atoms with E-state index in [1.54, 1.807) is 0 Å². The predicted octanol–water partition coefficient (Wildman–Crippen LogP) is 2.56. The summed E-state index contributed by atoms with van der Waals surface area (Å²) < 4.78 is 26.0. The second-order valence-electron chi connectivity index (χ2n) is 4.30. The van der Waals surface area contributed by atoms with Crippen molar-refractivity contribution in [2.75, 3.05) is 0 Å². The van der Waals surface area contributed by atoms with Gasteiger partial charge in [0.1, 0.15) is 0 Å². The van der Waals surface area contributed by atoms with Crippen LogP contribution in [0.3, 0.4) is 0 Å². The molecule has 2 N–H and O–H groups in total. The van der Waals surface area contributed by atoms with Gasteiger partial charge in [-0.3, -0.25) is 0 Å². The van der Waals surface area contributed by atoms with Gasteiger partial charge in [-0.2, -0.15) is 0 Å². The van der Waals surface area contributed by atoms with Crippen LogP contribution in [-0.2, 0) is 6.54 Å². The van der Waals surface area contributed by atoms with Gasteiger partial charge in [0, 0.05) is 12.6 Å². The van der Waals surface area contributed by atoms with Crippen LogP contribution in [0.4, 0.5) is 8.78 Å². The summed E-state index contributed by atoms with van der Waals surface area (Å²) in [6.07, 6.45) is 2.27. The lowest BCUT2D eigenvalue weighted by molar-refractivity contribution is 0.395. The van der Waals surface area contributed by atoms with E-state index in [1.165, 1.54) is 0 Å². The van der Waals surface area contributed by atoms with Crippen LogP contribution in [0.2, 0.25) is 0 Å². The summed E-state index contributed by atoms with van der Waals surface area (Å²) in [5, 5.41) is 12.2. The van der Waals surface area contributed by atoms with Crippen LogP contribution < -0.4 is 5.32 Å². The van der Waals surface area contributed by atoms with E-state index in [1.807, 2.05) is 0 Å². The molecule has 1 aromatic carbocycles. The maximum Gasteiger partial charge on any atom is 0.187 e. The Kier molecular flexibility index (Phi) is 3.10. The summed E-state index contributed by atoms with van der Waals surface area (Å²) in [6, 6.07) is 2.80. The molecule has 1 fully saturated rings. The molecule has 2 unspecified atom stereocenters. The van der Waals surface area contributed by atoms with Crippen molar-refractivity contribution in [3.63, 3.8) is 0 Å². The van der Waals surface area contributed by atoms with Gasteiger partial charge in [-0.05, 0) is 30.0 Å². The highest BCUT2D eigenvalue weighted by Crippen LogP contribution is 2.33. The molecule has 0 aromatic heterocycles. The quantitative estimate of drug-likeness (QED) is 0.828. The minimum atomic E-state index is -0.903. The van der Waals surface area contributed by atoms with Gasteiger partial charge in [-0.25, -0.2) is 8.78 Å². The molecule has 88 valence electrons. The smallest absolute Gasteiger partial charge is 0.187 e. The molecule has 0 bridgehead atoms. The van der Waals surface area contributed by atoms with Crippen LogP contribution in [0, 0.1) is 17.6 Å². The first kappa shape index (κ1) is 11.3. The molecule has 16 heavy (non-hydrogen) atoms. The molecule has 0 heterocycles. The highest BCUT2D eigenvalue weighted by atomic mass is 19.1. The lowest BCUT2D eigenvalue weighted by Crippen LogP contribution is -2.17. The molecule has 1 aromatic rings. The van der Waals surface area contributed by atoms with Crippen LogP contribution >= 0.6 is 0 Å². The molecule has 4 heteroatoms. The molecule has 1 aliphatic carbocycles. The van der Waals surface area contributed by atoms with Crippen molar-refractivity contribution in [2.24, 2.45) is 5.92 Å². The molecule has 1 saturated carbocycles. The summed E-state index contributed by atoms with van der Waals surface area (Å²) >= 11 is 0. The maximum absolute atomic E-state index is 13.0. The Balaban J connectivity index is 1.95. The number of nitrogens with one attached hydrogen (secondary N) is 1. The molecule has 2 nitrogen and oxygen atoms in total. The molecule has 1 aliphatic rings. The number of rotatable bonds is 4. The highest BCUT2D eigenvalue weighted by Gasteiger charge is 2.34. The summed E-state index contributed by atoms with van der Waals surface area (Å²) in [5.74, 6) is -2.01. The van der Waals surface area contributed by atoms with Gasteiger partial charge < -0.3 is 10.4 Å². The van der Waals surface area contributed by atoms with Crippen molar-refractivity contribution in [3.05, 3.63) is 29.3 Å². The Morgan fingerprint density at radius 2 is 2.00 bits per heavy atom. The van der Waals surface area contributed by atoms with E-state index in [4.69, 9.17) is 5.11 Å². The zero-order valence-corrected chi connectivity index (χ0v) is 9.13. The fraction of sp³-hybridized carbons (Fsp3) is 0.500. The van der Waals surface area contributed by atoms with Crippen molar-refractivity contribution < 1.29 is 13.9 Å². The van der Waals surface area contributed by atoms with Crippen molar-refractivity contribution in [3.8, 4) is 5.75 Å². The molecular formula is C12H15F2NO. The van der Waals surface area contributed by atoms with Crippen LogP contribution in [0.25, 0.3) is 0 Å². The summed E-state index contributed by atoms with van der Waals surface area (Å²) in [4.78, 5) is 0. The van der Waals surface area contributed by atoms with E-state index in [0.29, 0.717) is 24.1 Å². The first-order chi connectivity index (χ1) is 7.61. The van der Waals surface area contributed by atoms with Crippen LogP contribution in [0.15, 0.2) is 12.1 Å².